The predicted molar refractivity (Wildman–Crippen MR) is 114 cm³/mol. The first-order valence-corrected chi connectivity index (χ1v) is 10.5. The lowest BCUT2D eigenvalue weighted by atomic mass is 9.97. The molecule has 0 aromatic heterocycles. The molecule has 9 atom stereocenters. The maximum Gasteiger partial charge on any atom is 0.187 e. The molecule has 0 radical (unpaired) electrons. The molecule has 0 N–H and O–H groups in total. The maximum absolute atomic E-state index is 6.48. The lowest BCUT2D eigenvalue weighted by Crippen LogP contribution is -2.63. The molecule has 1 aliphatic rings. The molecule has 9 unspecified atom stereocenters. The van der Waals surface area contributed by atoms with Gasteiger partial charge in [0, 0.05) is 64.0 Å². The van der Waals surface area contributed by atoms with Crippen molar-refractivity contribution in [3.63, 3.8) is 0 Å². The molecule has 0 aliphatic carbocycles. The van der Waals surface area contributed by atoms with Crippen molar-refractivity contribution in [3.05, 3.63) is 0 Å². The van der Waals surface area contributed by atoms with Crippen molar-refractivity contribution < 1.29 is 52.1 Å². The van der Waals surface area contributed by atoms with Crippen LogP contribution < -0.4 is 0 Å². The van der Waals surface area contributed by atoms with Gasteiger partial charge in [0.15, 0.2) is 6.29 Å². The van der Waals surface area contributed by atoms with E-state index in [1.165, 1.54) is 0 Å². The highest BCUT2D eigenvalue weighted by Gasteiger charge is 2.50. The molecule has 0 bridgehead atoms. The van der Waals surface area contributed by atoms with E-state index in [9.17, 15) is 0 Å². The first-order valence-electron chi connectivity index (χ1n) is 10.5. The fourth-order valence-electron chi connectivity index (χ4n) is 4.04. The molecule has 0 amide bonds. The summed E-state index contributed by atoms with van der Waals surface area (Å²) in [5.74, 6) is 0. The van der Waals surface area contributed by atoms with Crippen molar-refractivity contribution in [3.8, 4) is 0 Å². The molecule has 1 fully saturated rings. The van der Waals surface area contributed by atoms with Crippen molar-refractivity contribution in [1.29, 1.82) is 0 Å². The fourth-order valence-corrected chi connectivity index (χ4v) is 4.04. The van der Waals surface area contributed by atoms with E-state index in [1.807, 2.05) is 0 Å². The summed E-state index contributed by atoms with van der Waals surface area (Å²) >= 11 is 0. The standard InChI is InChI=1S/C21H42O11/c1-22-10-13(25-4)16(27-6)18(14(26-5)11-23-2)32-21-20(30-9)19(29-8)17(28-7)15(31-21)12-24-3/h13-21H,10-12H2,1-9H3. The zero-order chi connectivity index (χ0) is 24.1. The second-order valence-electron chi connectivity index (χ2n) is 7.36. The zero-order valence-corrected chi connectivity index (χ0v) is 20.8. The Morgan fingerprint density at radius 3 is 1.53 bits per heavy atom. The smallest absolute Gasteiger partial charge is 0.187 e. The molecular formula is C21H42O11. The lowest BCUT2D eigenvalue weighted by Gasteiger charge is -2.46. The predicted octanol–water partition coefficient (Wildman–Crippen LogP) is 0.126. The minimum Gasteiger partial charge on any atom is -0.382 e. The Morgan fingerprint density at radius 2 is 1.12 bits per heavy atom. The zero-order valence-electron chi connectivity index (χ0n) is 20.8. The van der Waals surface area contributed by atoms with E-state index in [1.54, 1.807) is 64.0 Å². The van der Waals surface area contributed by atoms with Crippen LogP contribution in [0.2, 0.25) is 0 Å². The summed E-state index contributed by atoms with van der Waals surface area (Å²) in [6.07, 6.45) is -4.93. The highest BCUT2D eigenvalue weighted by molar-refractivity contribution is 4.94. The average molecular weight is 471 g/mol. The molecule has 0 spiro atoms. The van der Waals surface area contributed by atoms with E-state index >= 15 is 0 Å². The second-order valence-corrected chi connectivity index (χ2v) is 7.36. The third-order valence-electron chi connectivity index (χ3n) is 5.63. The Labute approximate surface area is 191 Å². The van der Waals surface area contributed by atoms with Gasteiger partial charge in [-0.3, -0.25) is 0 Å². The molecule has 1 heterocycles. The number of methoxy groups -OCH3 is 9. The van der Waals surface area contributed by atoms with Crippen molar-refractivity contribution in [1.82, 2.24) is 0 Å². The van der Waals surface area contributed by atoms with Crippen molar-refractivity contribution in [2.45, 2.75) is 55.1 Å². The summed E-state index contributed by atoms with van der Waals surface area (Å²) in [4.78, 5) is 0. The quantitative estimate of drug-likeness (QED) is 0.290. The van der Waals surface area contributed by atoms with Gasteiger partial charge in [-0.25, -0.2) is 0 Å². The van der Waals surface area contributed by atoms with Crippen LogP contribution in [0.1, 0.15) is 0 Å². The maximum atomic E-state index is 6.48. The van der Waals surface area contributed by atoms with Crippen LogP contribution in [0, 0.1) is 0 Å². The first-order chi connectivity index (χ1) is 15.5. The second kappa shape index (κ2) is 16.2. The topological polar surface area (TPSA) is 102 Å². The molecule has 1 aliphatic heterocycles. The molecule has 32 heavy (non-hydrogen) atoms. The molecule has 0 aromatic carbocycles. The van der Waals surface area contributed by atoms with Crippen molar-refractivity contribution >= 4 is 0 Å². The Morgan fingerprint density at radius 1 is 0.594 bits per heavy atom. The van der Waals surface area contributed by atoms with E-state index in [2.05, 4.69) is 0 Å². The first kappa shape index (κ1) is 29.6. The van der Waals surface area contributed by atoms with Crippen molar-refractivity contribution in [2.24, 2.45) is 0 Å². The van der Waals surface area contributed by atoms with Gasteiger partial charge in [-0.15, -0.1) is 0 Å². The van der Waals surface area contributed by atoms with Gasteiger partial charge in [0.05, 0.1) is 19.8 Å². The van der Waals surface area contributed by atoms with E-state index in [0.29, 0.717) is 0 Å². The number of hydrogen-bond acceptors (Lipinski definition) is 11. The minimum absolute atomic E-state index is 0.255. The van der Waals surface area contributed by atoms with E-state index in [0.717, 1.165) is 0 Å². The highest BCUT2D eigenvalue weighted by Crippen LogP contribution is 2.31. The fraction of sp³-hybridized carbons (Fsp3) is 1.00. The summed E-state index contributed by atoms with van der Waals surface area (Å²) in [5, 5.41) is 0. The van der Waals surface area contributed by atoms with Gasteiger partial charge < -0.3 is 52.1 Å². The monoisotopic (exact) mass is 470 g/mol. The van der Waals surface area contributed by atoms with Crippen LogP contribution in [0.5, 0.6) is 0 Å². The molecule has 11 nitrogen and oxygen atoms in total. The van der Waals surface area contributed by atoms with Crippen LogP contribution in [0.4, 0.5) is 0 Å². The van der Waals surface area contributed by atoms with Gasteiger partial charge in [0.1, 0.15) is 48.8 Å². The largest absolute Gasteiger partial charge is 0.382 e. The van der Waals surface area contributed by atoms with E-state index < -0.39 is 55.1 Å². The van der Waals surface area contributed by atoms with Gasteiger partial charge in [-0.2, -0.15) is 0 Å². The van der Waals surface area contributed by atoms with Gasteiger partial charge in [-0.1, -0.05) is 0 Å². The molecule has 192 valence electrons. The Bertz CT molecular complexity index is 469. The number of rotatable bonds is 17. The summed E-state index contributed by atoms with van der Waals surface area (Å²) < 4.78 is 62.9. The van der Waals surface area contributed by atoms with Gasteiger partial charge in [0.25, 0.3) is 0 Å². The summed E-state index contributed by atoms with van der Waals surface area (Å²) in [6, 6.07) is 0. The van der Waals surface area contributed by atoms with Gasteiger partial charge in [-0.05, 0) is 0 Å². The van der Waals surface area contributed by atoms with Crippen LogP contribution in [0.3, 0.4) is 0 Å². The summed E-state index contributed by atoms with van der Waals surface area (Å²) in [6.45, 7) is 0.824. The lowest BCUT2D eigenvalue weighted by molar-refractivity contribution is -0.338. The Balaban J connectivity index is 3.30. The van der Waals surface area contributed by atoms with Crippen molar-refractivity contribution in [2.75, 3.05) is 83.8 Å². The number of hydrogen-bond donors (Lipinski definition) is 0. The summed E-state index contributed by atoms with van der Waals surface area (Å²) in [7, 11) is 14.2. The van der Waals surface area contributed by atoms with E-state index in [-0.39, 0.29) is 19.8 Å². The van der Waals surface area contributed by atoms with E-state index in [4.69, 9.17) is 52.1 Å². The van der Waals surface area contributed by atoms with Crippen LogP contribution in [-0.4, -0.2) is 139 Å². The van der Waals surface area contributed by atoms with Crippen LogP contribution in [0.25, 0.3) is 0 Å². The molecule has 1 rings (SSSR count). The Hall–Kier alpha value is -0.440. The van der Waals surface area contributed by atoms with Gasteiger partial charge >= 0.3 is 0 Å². The Kier molecular flexibility index (Phi) is 15.0. The van der Waals surface area contributed by atoms with Crippen LogP contribution in [0.15, 0.2) is 0 Å². The molecule has 0 saturated carbocycles. The molecule has 0 aromatic rings. The van der Waals surface area contributed by atoms with Crippen LogP contribution in [-0.2, 0) is 52.1 Å². The highest BCUT2D eigenvalue weighted by atomic mass is 16.7. The van der Waals surface area contributed by atoms with Gasteiger partial charge in [0.2, 0.25) is 0 Å². The van der Waals surface area contributed by atoms with Crippen LogP contribution >= 0.6 is 0 Å². The third-order valence-corrected chi connectivity index (χ3v) is 5.63. The minimum atomic E-state index is -0.839. The molecular weight excluding hydrogens is 428 g/mol. The molecule has 11 heteroatoms. The SMILES string of the molecule is COCC(OC)C(OC)C(OC1OC(COC)C(OC)C(OC)C1OC)C(COC)OC. The number of ether oxygens (including phenoxy) is 11. The molecule has 1 saturated heterocycles. The third kappa shape index (κ3) is 7.54. The summed E-state index contributed by atoms with van der Waals surface area (Å²) in [5.41, 5.74) is 0. The normalized spacial score (nSPS) is 30.1. The average Bonchev–Trinajstić information content (AvgIpc) is 2.81.